The lowest BCUT2D eigenvalue weighted by molar-refractivity contribution is 0.0949. The highest BCUT2D eigenvalue weighted by Gasteiger charge is 2.25. The summed E-state index contributed by atoms with van der Waals surface area (Å²) in [5.41, 5.74) is 3.20. The molecule has 0 fully saturated rings. The van der Waals surface area contributed by atoms with Crippen LogP contribution in [0.2, 0.25) is 0 Å². The Morgan fingerprint density at radius 3 is 2.58 bits per heavy atom. The standard InChI is InChI=1S/C16H15BrF2N2O3S2/c17-11-7-10(18)8-12(19)15(11)26(23,24)21-20-16(22)14-6-9-4-2-1-3-5-13(9)25-14/h6-8,21H,1-5H2,(H,20,22). The van der Waals surface area contributed by atoms with Crippen molar-refractivity contribution < 1.29 is 22.0 Å². The lowest BCUT2D eigenvalue weighted by atomic mass is 10.1. The summed E-state index contributed by atoms with van der Waals surface area (Å²) in [5, 5.41) is 0. The van der Waals surface area contributed by atoms with Gasteiger partial charge in [-0.3, -0.25) is 10.2 Å². The van der Waals surface area contributed by atoms with Gasteiger partial charge in [-0.2, -0.15) is 0 Å². The second-order valence-electron chi connectivity index (χ2n) is 5.88. The van der Waals surface area contributed by atoms with Crippen molar-refractivity contribution in [1.29, 1.82) is 0 Å². The number of carbonyl (C=O) groups excluding carboxylic acids is 1. The number of hydrazine groups is 1. The third-order valence-electron chi connectivity index (χ3n) is 4.00. The number of rotatable bonds is 4. The van der Waals surface area contributed by atoms with Gasteiger partial charge in [0.2, 0.25) is 0 Å². The molecule has 0 unspecified atom stereocenters. The predicted octanol–water partition coefficient (Wildman–Crippen LogP) is 3.68. The van der Waals surface area contributed by atoms with Crippen molar-refractivity contribution in [3.05, 3.63) is 49.6 Å². The molecule has 10 heteroatoms. The molecule has 3 rings (SSSR count). The normalized spacial score (nSPS) is 14.6. The van der Waals surface area contributed by atoms with Crippen molar-refractivity contribution in [3.63, 3.8) is 0 Å². The number of hydrogen-bond acceptors (Lipinski definition) is 4. The zero-order chi connectivity index (χ0) is 18.9. The minimum Gasteiger partial charge on any atom is -0.273 e. The Kier molecular flexibility index (Phi) is 5.75. The van der Waals surface area contributed by atoms with E-state index in [9.17, 15) is 22.0 Å². The van der Waals surface area contributed by atoms with Gasteiger partial charge in [-0.05, 0) is 59.3 Å². The van der Waals surface area contributed by atoms with Crippen LogP contribution in [0, 0.1) is 11.6 Å². The molecule has 0 aliphatic heterocycles. The van der Waals surface area contributed by atoms with Crippen molar-refractivity contribution in [1.82, 2.24) is 10.3 Å². The molecule has 26 heavy (non-hydrogen) atoms. The van der Waals surface area contributed by atoms with E-state index < -0.39 is 32.5 Å². The minimum atomic E-state index is -4.42. The quantitative estimate of drug-likeness (QED) is 0.535. The van der Waals surface area contributed by atoms with Crippen molar-refractivity contribution >= 4 is 43.2 Å². The maximum Gasteiger partial charge on any atom is 0.276 e. The van der Waals surface area contributed by atoms with Crippen LogP contribution in [0.1, 0.15) is 39.4 Å². The molecule has 1 heterocycles. The fraction of sp³-hybridized carbons (Fsp3) is 0.312. The molecule has 0 spiro atoms. The van der Waals surface area contributed by atoms with Crippen LogP contribution < -0.4 is 10.3 Å². The average molecular weight is 465 g/mol. The van der Waals surface area contributed by atoms with E-state index in [0.717, 1.165) is 48.6 Å². The fourth-order valence-electron chi connectivity index (χ4n) is 2.79. The van der Waals surface area contributed by atoms with E-state index in [1.54, 1.807) is 6.07 Å². The number of nitrogens with one attached hydrogen (secondary N) is 2. The largest absolute Gasteiger partial charge is 0.276 e. The second-order valence-corrected chi connectivity index (χ2v) is 9.49. The van der Waals surface area contributed by atoms with E-state index in [1.165, 1.54) is 11.3 Å². The highest BCUT2D eigenvalue weighted by Crippen LogP contribution is 2.29. The van der Waals surface area contributed by atoms with Crippen LogP contribution in [0.4, 0.5) is 8.78 Å². The lowest BCUT2D eigenvalue weighted by Crippen LogP contribution is -2.41. The number of hydrogen-bond donors (Lipinski definition) is 2. The third-order valence-corrected chi connectivity index (χ3v) is 7.45. The first kappa shape index (κ1) is 19.4. The van der Waals surface area contributed by atoms with Crippen LogP contribution in [0.3, 0.4) is 0 Å². The number of benzene rings is 1. The molecule has 1 aliphatic rings. The highest BCUT2D eigenvalue weighted by atomic mass is 79.9. The van der Waals surface area contributed by atoms with Crippen LogP contribution in [-0.2, 0) is 22.9 Å². The van der Waals surface area contributed by atoms with Crippen molar-refractivity contribution in [3.8, 4) is 0 Å². The first-order valence-electron chi connectivity index (χ1n) is 7.86. The Hall–Kier alpha value is -1.36. The average Bonchev–Trinajstić information content (AvgIpc) is 2.82. The molecule has 1 aromatic carbocycles. The number of halogens is 3. The van der Waals surface area contributed by atoms with Gasteiger partial charge in [-0.1, -0.05) is 6.42 Å². The number of fused-ring (bicyclic) bond motifs is 1. The molecule has 1 aromatic heterocycles. The molecular weight excluding hydrogens is 450 g/mol. The second kappa shape index (κ2) is 7.71. The molecule has 0 atom stereocenters. The van der Waals surface area contributed by atoms with Gasteiger partial charge in [0.05, 0.1) is 4.88 Å². The minimum absolute atomic E-state index is 0.278. The monoisotopic (exact) mass is 464 g/mol. The Morgan fingerprint density at radius 1 is 1.12 bits per heavy atom. The summed E-state index contributed by atoms with van der Waals surface area (Å²) < 4.78 is 51.2. The summed E-state index contributed by atoms with van der Waals surface area (Å²) in [4.78, 5) is 14.9. The van der Waals surface area contributed by atoms with E-state index in [-0.39, 0.29) is 4.47 Å². The summed E-state index contributed by atoms with van der Waals surface area (Å²) in [7, 11) is -4.42. The predicted molar refractivity (Wildman–Crippen MR) is 97.4 cm³/mol. The van der Waals surface area contributed by atoms with Crippen LogP contribution in [0.15, 0.2) is 27.6 Å². The van der Waals surface area contributed by atoms with Gasteiger partial charge in [0.25, 0.3) is 15.9 Å². The van der Waals surface area contributed by atoms with E-state index in [0.29, 0.717) is 10.9 Å². The van der Waals surface area contributed by atoms with E-state index in [2.05, 4.69) is 21.4 Å². The Labute approximate surface area is 162 Å². The van der Waals surface area contributed by atoms with Gasteiger partial charge in [-0.15, -0.1) is 16.2 Å². The Balaban J connectivity index is 1.75. The smallest absolute Gasteiger partial charge is 0.273 e. The van der Waals surface area contributed by atoms with Gasteiger partial charge in [0.1, 0.15) is 16.5 Å². The molecule has 2 N–H and O–H groups in total. The molecule has 0 saturated carbocycles. The summed E-state index contributed by atoms with van der Waals surface area (Å²) in [5.74, 6) is -2.80. The molecule has 1 aliphatic carbocycles. The van der Waals surface area contributed by atoms with Gasteiger partial charge < -0.3 is 0 Å². The SMILES string of the molecule is O=C(NNS(=O)(=O)c1c(F)cc(F)cc1Br)c1cc2c(s1)CCCCC2. The molecule has 1 amide bonds. The molecular formula is C16H15BrF2N2O3S2. The summed E-state index contributed by atoms with van der Waals surface area (Å²) in [6, 6.07) is 3.05. The lowest BCUT2D eigenvalue weighted by Gasteiger charge is -2.10. The van der Waals surface area contributed by atoms with Crippen LogP contribution in [0.5, 0.6) is 0 Å². The Bertz CT molecular complexity index is 914. The molecule has 140 valence electrons. The zero-order valence-electron chi connectivity index (χ0n) is 13.4. The third kappa shape index (κ3) is 4.13. The maximum absolute atomic E-state index is 13.8. The zero-order valence-corrected chi connectivity index (χ0v) is 16.7. The van der Waals surface area contributed by atoms with E-state index in [1.807, 2.05) is 4.83 Å². The first-order chi connectivity index (χ1) is 12.3. The van der Waals surface area contributed by atoms with Crippen LogP contribution in [-0.4, -0.2) is 14.3 Å². The summed E-state index contributed by atoms with van der Waals surface area (Å²) in [6.45, 7) is 0. The number of sulfonamides is 1. The topological polar surface area (TPSA) is 75.3 Å². The fourth-order valence-corrected chi connectivity index (χ4v) is 5.95. The molecule has 2 aromatic rings. The van der Waals surface area contributed by atoms with Crippen LogP contribution >= 0.6 is 27.3 Å². The van der Waals surface area contributed by atoms with E-state index >= 15 is 0 Å². The van der Waals surface area contributed by atoms with Crippen molar-refractivity contribution in [2.24, 2.45) is 0 Å². The van der Waals surface area contributed by atoms with Crippen molar-refractivity contribution in [2.45, 2.75) is 37.0 Å². The Morgan fingerprint density at radius 2 is 1.85 bits per heavy atom. The van der Waals surface area contributed by atoms with E-state index in [4.69, 9.17) is 0 Å². The molecule has 0 radical (unpaired) electrons. The number of aryl methyl sites for hydroxylation is 2. The summed E-state index contributed by atoms with van der Waals surface area (Å²) >= 11 is 4.15. The highest BCUT2D eigenvalue weighted by molar-refractivity contribution is 9.10. The number of amides is 1. The molecule has 5 nitrogen and oxygen atoms in total. The first-order valence-corrected chi connectivity index (χ1v) is 11.0. The maximum atomic E-state index is 13.8. The van der Waals surface area contributed by atoms with Crippen molar-refractivity contribution in [2.75, 3.05) is 0 Å². The van der Waals surface area contributed by atoms with Gasteiger partial charge >= 0.3 is 0 Å². The van der Waals surface area contributed by atoms with Crippen LogP contribution in [0.25, 0.3) is 0 Å². The molecule has 0 bridgehead atoms. The van der Waals surface area contributed by atoms with Gasteiger partial charge in [0, 0.05) is 15.4 Å². The van der Waals surface area contributed by atoms with Gasteiger partial charge in [-0.25, -0.2) is 17.2 Å². The molecule has 0 saturated heterocycles. The van der Waals surface area contributed by atoms with Gasteiger partial charge in [0.15, 0.2) is 0 Å². The summed E-state index contributed by atoms with van der Waals surface area (Å²) in [6.07, 6.45) is 5.10. The number of carbonyl (C=O) groups is 1. The number of thiophene rings is 1.